The molecule has 0 aliphatic rings. The van der Waals surface area contributed by atoms with Crippen molar-refractivity contribution in [2.75, 3.05) is 27.2 Å². The molecule has 0 aliphatic heterocycles. The van der Waals surface area contributed by atoms with Gasteiger partial charge in [0.1, 0.15) is 5.69 Å². The zero-order valence-corrected chi connectivity index (χ0v) is 11.5. The van der Waals surface area contributed by atoms with Crippen LogP contribution < -0.4 is 5.32 Å². The summed E-state index contributed by atoms with van der Waals surface area (Å²) in [7, 11) is 3.71. The second kappa shape index (κ2) is 6.13. The van der Waals surface area contributed by atoms with Crippen LogP contribution >= 0.6 is 11.6 Å². The molecule has 5 nitrogen and oxygen atoms in total. The Morgan fingerprint density at radius 1 is 1.61 bits per heavy atom. The van der Waals surface area contributed by atoms with Crippen molar-refractivity contribution in [1.29, 1.82) is 0 Å². The monoisotopic (exact) mass is 271 g/mol. The molecule has 1 atom stereocenters. The second-order valence-electron chi connectivity index (χ2n) is 4.78. The van der Waals surface area contributed by atoms with E-state index in [-0.39, 0.29) is 18.1 Å². The lowest BCUT2D eigenvalue weighted by atomic mass is 10.1. The van der Waals surface area contributed by atoms with E-state index in [1.54, 1.807) is 13.0 Å². The van der Waals surface area contributed by atoms with E-state index in [2.05, 4.69) is 10.3 Å². The number of carbonyl (C=O) groups excluding carboxylic acids is 1. The number of aromatic nitrogens is 1. The Morgan fingerprint density at radius 2 is 2.28 bits per heavy atom. The van der Waals surface area contributed by atoms with Crippen molar-refractivity contribution < 1.29 is 9.90 Å². The van der Waals surface area contributed by atoms with Crippen LogP contribution in [0.4, 0.5) is 0 Å². The third-order valence-electron chi connectivity index (χ3n) is 2.24. The van der Waals surface area contributed by atoms with Crippen LogP contribution in [0, 0.1) is 0 Å². The minimum absolute atomic E-state index is 0.151. The summed E-state index contributed by atoms with van der Waals surface area (Å²) in [6.07, 6.45) is 1.47. The van der Waals surface area contributed by atoms with E-state index in [9.17, 15) is 9.90 Å². The van der Waals surface area contributed by atoms with Crippen LogP contribution in [0.5, 0.6) is 0 Å². The van der Waals surface area contributed by atoms with Gasteiger partial charge in [0.2, 0.25) is 0 Å². The summed E-state index contributed by atoms with van der Waals surface area (Å²) in [6, 6.07) is 3.08. The molecule has 0 aliphatic carbocycles. The maximum Gasteiger partial charge on any atom is 0.270 e. The standard InChI is InChI=1S/C12H18ClN3O2/c1-12(18,8-16(2)3)7-15-11(17)10-6-9(13)4-5-14-10/h4-6,18H,7-8H2,1-3H3,(H,15,17). The number of nitrogens with one attached hydrogen (secondary N) is 1. The predicted molar refractivity (Wildman–Crippen MR) is 70.8 cm³/mol. The highest BCUT2D eigenvalue weighted by atomic mass is 35.5. The van der Waals surface area contributed by atoms with Gasteiger partial charge in [-0.1, -0.05) is 11.6 Å². The van der Waals surface area contributed by atoms with Gasteiger partial charge >= 0.3 is 0 Å². The summed E-state index contributed by atoms with van der Waals surface area (Å²) in [4.78, 5) is 17.5. The maximum absolute atomic E-state index is 11.8. The van der Waals surface area contributed by atoms with Crippen molar-refractivity contribution in [3.63, 3.8) is 0 Å². The highest BCUT2D eigenvalue weighted by Gasteiger charge is 2.22. The maximum atomic E-state index is 11.8. The number of pyridine rings is 1. The number of hydrogen-bond donors (Lipinski definition) is 2. The molecular formula is C12H18ClN3O2. The Balaban J connectivity index is 2.56. The van der Waals surface area contributed by atoms with Crippen LogP contribution in [-0.2, 0) is 0 Å². The van der Waals surface area contributed by atoms with Gasteiger partial charge in [-0.25, -0.2) is 0 Å². The van der Waals surface area contributed by atoms with Crippen LogP contribution in [0.1, 0.15) is 17.4 Å². The molecular weight excluding hydrogens is 254 g/mol. The average Bonchev–Trinajstić information content (AvgIpc) is 2.24. The van der Waals surface area contributed by atoms with E-state index in [1.807, 2.05) is 19.0 Å². The Morgan fingerprint density at radius 3 is 2.83 bits per heavy atom. The van der Waals surface area contributed by atoms with Crippen LogP contribution in [-0.4, -0.2) is 53.7 Å². The topological polar surface area (TPSA) is 65.5 Å². The first-order valence-corrected chi connectivity index (χ1v) is 5.95. The number of amides is 1. The number of nitrogens with zero attached hydrogens (tertiary/aromatic N) is 2. The second-order valence-corrected chi connectivity index (χ2v) is 5.21. The first kappa shape index (κ1) is 14.9. The fourth-order valence-corrected chi connectivity index (χ4v) is 1.79. The number of likely N-dealkylation sites (N-methyl/N-ethyl adjacent to an activating group) is 1. The van der Waals surface area contributed by atoms with E-state index in [1.165, 1.54) is 12.3 Å². The van der Waals surface area contributed by atoms with E-state index in [0.717, 1.165) is 0 Å². The quantitative estimate of drug-likeness (QED) is 0.831. The predicted octanol–water partition coefficient (Wildman–Crippen LogP) is 0.777. The minimum atomic E-state index is -0.988. The van der Waals surface area contributed by atoms with Crippen molar-refractivity contribution in [3.05, 3.63) is 29.0 Å². The molecule has 18 heavy (non-hydrogen) atoms. The number of hydrogen-bond acceptors (Lipinski definition) is 4. The van der Waals surface area contributed by atoms with Crippen LogP contribution in [0.25, 0.3) is 0 Å². The highest BCUT2D eigenvalue weighted by molar-refractivity contribution is 6.30. The van der Waals surface area contributed by atoms with Crippen molar-refractivity contribution >= 4 is 17.5 Å². The van der Waals surface area contributed by atoms with Crippen molar-refractivity contribution in [1.82, 2.24) is 15.2 Å². The van der Waals surface area contributed by atoms with Gasteiger partial charge in [0.05, 0.1) is 5.60 Å². The molecule has 1 heterocycles. The lowest BCUT2D eigenvalue weighted by Gasteiger charge is -2.26. The molecule has 2 N–H and O–H groups in total. The van der Waals surface area contributed by atoms with Gasteiger partial charge in [0, 0.05) is 24.3 Å². The molecule has 1 unspecified atom stereocenters. The van der Waals surface area contributed by atoms with E-state index in [4.69, 9.17) is 11.6 Å². The van der Waals surface area contributed by atoms with Crippen LogP contribution in [0.2, 0.25) is 5.02 Å². The van der Waals surface area contributed by atoms with Crippen molar-refractivity contribution in [2.45, 2.75) is 12.5 Å². The third kappa shape index (κ3) is 5.00. The molecule has 0 saturated carbocycles. The van der Waals surface area contributed by atoms with Crippen molar-refractivity contribution in [3.8, 4) is 0 Å². The molecule has 6 heteroatoms. The number of rotatable bonds is 5. The largest absolute Gasteiger partial charge is 0.387 e. The fraction of sp³-hybridized carbons (Fsp3) is 0.500. The summed E-state index contributed by atoms with van der Waals surface area (Å²) >= 11 is 5.77. The Labute approximate surface area is 112 Å². The summed E-state index contributed by atoms with van der Waals surface area (Å²) < 4.78 is 0. The van der Waals surface area contributed by atoms with Crippen molar-refractivity contribution in [2.24, 2.45) is 0 Å². The van der Waals surface area contributed by atoms with Gasteiger partial charge in [-0.15, -0.1) is 0 Å². The lowest BCUT2D eigenvalue weighted by molar-refractivity contribution is 0.0325. The molecule has 0 saturated heterocycles. The van der Waals surface area contributed by atoms with Gasteiger partial charge in [-0.05, 0) is 33.2 Å². The molecule has 1 aromatic heterocycles. The van der Waals surface area contributed by atoms with E-state index < -0.39 is 5.60 Å². The minimum Gasteiger partial charge on any atom is -0.387 e. The lowest BCUT2D eigenvalue weighted by Crippen LogP contribution is -2.47. The van der Waals surface area contributed by atoms with Gasteiger partial charge in [0.15, 0.2) is 0 Å². The molecule has 0 spiro atoms. The normalized spacial score (nSPS) is 14.3. The SMILES string of the molecule is CN(C)CC(C)(O)CNC(=O)c1cc(Cl)ccn1. The fourth-order valence-electron chi connectivity index (χ4n) is 1.63. The summed E-state index contributed by atoms with van der Waals surface area (Å²) in [5, 5.41) is 13.1. The van der Waals surface area contributed by atoms with Crippen LogP contribution in [0.15, 0.2) is 18.3 Å². The number of aliphatic hydroxyl groups is 1. The zero-order chi connectivity index (χ0) is 13.8. The summed E-state index contributed by atoms with van der Waals surface area (Å²) in [5.74, 6) is -0.350. The van der Waals surface area contributed by atoms with Gasteiger partial charge < -0.3 is 15.3 Å². The van der Waals surface area contributed by atoms with E-state index in [0.29, 0.717) is 11.6 Å². The molecule has 0 radical (unpaired) electrons. The Hall–Kier alpha value is -1.17. The molecule has 1 aromatic rings. The first-order valence-electron chi connectivity index (χ1n) is 5.57. The zero-order valence-electron chi connectivity index (χ0n) is 10.8. The molecule has 1 amide bonds. The average molecular weight is 272 g/mol. The Bertz CT molecular complexity index is 422. The van der Waals surface area contributed by atoms with Gasteiger partial charge in [-0.2, -0.15) is 0 Å². The summed E-state index contributed by atoms with van der Waals surface area (Å²) in [6.45, 7) is 2.27. The molecule has 0 aromatic carbocycles. The smallest absolute Gasteiger partial charge is 0.270 e. The molecule has 0 fully saturated rings. The van der Waals surface area contributed by atoms with Crippen LogP contribution in [0.3, 0.4) is 0 Å². The molecule has 100 valence electrons. The Kier molecular flexibility index (Phi) is 5.07. The first-order chi connectivity index (χ1) is 8.30. The van der Waals surface area contributed by atoms with E-state index >= 15 is 0 Å². The third-order valence-corrected chi connectivity index (χ3v) is 2.48. The summed E-state index contributed by atoms with van der Waals surface area (Å²) in [5.41, 5.74) is -0.749. The van der Waals surface area contributed by atoms with Gasteiger partial charge in [0.25, 0.3) is 5.91 Å². The number of halogens is 1. The molecule has 0 bridgehead atoms. The highest BCUT2D eigenvalue weighted by Crippen LogP contribution is 2.08. The van der Waals surface area contributed by atoms with Gasteiger partial charge in [-0.3, -0.25) is 9.78 Å². The molecule has 1 rings (SSSR count). The number of carbonyl (C=O) groups is 1.